The van der Waals surface area contributed by atoms with E-state index >= 15 is 0 Å². The van der Waals surface area contributed by atoms with E-state index in [1.165, 1.54) is 6.07 Å². The minimum absolute atomic E-state index is 0. The molecule has 0 atom stereocenters. The van der Waals surface area contributed by atoms with E-state index in [2.05, 4.69) is 0 Å². The predicted molar refractivity (Wildman–Crippen MR) is 56.7 cm³/mol. The third-order valence-electron chi connectivity index (χ3n) is 1.16. The van der Waals surface area contributed by atoms with Crippen molar-refractivity contribution < 1.29 is 25.3 Å². The van der Waals surface area contributed by atoms with Gasteiger partial charge in [-0.15, -0.1) is 12.4 Å². The molecule has 1 rings (SSSR count). The summed E-state index contributed by atoms with van der Waals surface area (Å²) in [5.74, 6) is 0.00339. The third kappa shape index (κ3) is 5.16. The van der Waals surface area contributed by atoms with Gasteiger partial charge in [0.1, 0.15) is 0 Å². The van der Waals surface area contributed by atoms with Gasteiger partial charge in [-0.2, -0.15) is 0 Å². The van der Waals surface area contributed by atoms with Crippen LogP contribution >= 0.6 is 12.4 Å². The van der Waals surface area contributed by atoms with E-state index in [9.17, 15) is 3.74 Å². The maximum atomic E-state index is 10.4. The molecule has 0 saturated heterocycles. The molecule has 9 N–H and O–H groups in total. The maximum Gasteiger partial charge on any atom is -0.412 e. The van der Waals surface area contributed by atoms with Gasteiger partial charge in [-0.25, -0.2) is 0 Å². The summed E-state index contributed by atoms with van der Waals surface area (Å²) in [6, 6.07) is 4.73. The van der Waals surface area contributed by atoms with Crippen LogP contribution in [0.4, 0.5) is 5.69 Å². The Labute approximate surface area is 93.4 Å². The number of para-hydroxylation sites is 1. The predicted octanol–water partition coefficient (Wildman–Crippen LogP) is -2.40. The van der Waals surface area contributed by atoms with Crippen molar-refractivity contribution in [3.63, 3.8) is 0 Å². The van der Waals surface area contributed by atoms with E-state index in [0.29, 0.717) is 4.35 Å². The van der Waals surface area contributed by atoms with Gasteiger partial charge < -0.3 is 16.4 Å². The summed E-state index contributed by atoms with van der Waals surface area (Å²) >= 11 is -1.13. The van der Waals surface area contributed by atoms with Crippen LogP contribution in [0.3, 0.4) is 0 Å². The molecule has 84 valence electrons. The van der Waals surface area contributed by atoms with Gasteiger partial charge in [-0.05, 0) is 0 Å². The molecule has 0 amide bonds. The number of hydrogen-bond donors (Lipinski definition) is 2. The molecule has 1 aromatic carbocycles. The van der Waals surface area contributed by atoms with Gasteiger partial charge in [0, 0.05) is 0 Å². The van der Waals surface area contributed by atoms with Gasteiger partial charge in [-0.3, -0.25) is 0 Å². The Balaban J connectivity index is -0.000000125. The van der Waals surface area contributed by atoms with Crippen molar-refractivity contribution in [3.05, 3.63) is 18.2 Å². The minimum atomic E-state index is -1.13. The molecule has 0 aromatic heterocycles. The van der Waals surface area contributed by atoms with E-state index in [1.807, 2.05) is 0 Å². The summed E-state index contributed by atoms with van der Waals surface area (Å²) in [6.45, 7) is 0. The van der Waals surface area contributed by atoms with Gasteiger partial charge in [-0.1, -0.05) is 0 Å². The summed E-state index contributed by atoms with van der Waals surface area (Å²) in [4.78, 5) is 0. The third-order valence-corrected chi connectivity index (χ3v) is 2.39. The van der Waals surface area contributed by atoms with Crippen molar-refractivity contribution in [3.8, 4) is 5.75 Å². The van der Waals surface area contributed by atoms with Crippen LogP contribution in [0, 0.1) is 0 Å². The van der Waals surface area contributed by atoms with Crippen LogP contribution < -0.4 is 10.1 Å². The number of nitrogen functional groups attached to an aromatic ring is 1. The van der Waals surface area contributed by atoms with Crippen LogP contribution in [0.2, 0.25) is 0 Å². The molecule has 6 nitrogen and oxygen atoms in total. The van der Waals surface area contributed by atoms with Gasteiger partial charge in [0.2, 0.25) is 0 Å². The van der Waals surface area contributed by atoms with Gasteiger partial charge in [0.25, 0.3) is 0 Å². The average Bonchev–Trinajstić information content (AvgIpc) is 1.95. The van der Waals surface area contributed by atoms with Crippen molar-refractivity contribution in [2.45, 2.75) is 0 Å². The first kappa shape index (κ1) is 23.3. The fraction of sp³-hybridized carbons (Fsp3) is 0. The number of phenolic OH excluding ortho intramolecular Hbond substituents is 1. The van der Waals surface area contributed by atoms with Crippen molar-refractivity contribution in [2.24, 2.45) is 0 Å². The number of phenols is 1. The van der Waals surface area contributed by atoms with E-state index < -0.39 is 15.7 Å². The van der Waals surface area contributed by atoms with E-state index in [1.54, 1.807) is 12.1 Å². The van der Waals surface area contributed by atoms with Crippen molar-refractivity contribution >= 4 is 38.1 Å². The Hall–Kier alpha value is -0.652. The first-order valence-electron chi connectivity index (χ1n) is 2.66. The van der Waals surface area contributed by atoms with Crippen LogP contribution in [-0.4, -0.2) is 37.2 Å². The Morgan fingerprint density at radius 3 is 2.07 bits per heavy atom. The summed E-state index contributed by atoms with van der Waals surface area (Å²) in [7, 11) is 0. The Morgan fingerprint density at radius 2 is 1.71 bits per heavy atom. The number of nitrogens with two attached hydrogens (primary N) is 1. The smallest absolute Gasteiger partial charge is 0.412 e. The topological polar surface area (TPSA) is 158 Å². The first-order valence-corrected chi connectivity index (χ1v) is 4.37. The van der Waals surface area contributed by atoms with Gasteiger partial charge in [0.05, 0.1) is 0 Å². The second-order valence-electron chi connectivity index (χ2n) is 1.80. The van der Waals surface area contributed by atoms with Gasteiger partial charge in [0.15, 0.2) is 0 Å². The van der Waals surface area contributed by atoms with Crippen molar-refractivity contribution in [1.82, 2.24) is 0 Å². The van der Waals surface area contributed by atoms with Gasteiger partial charge >= 0.3 is 64.3 Å². The molecule has 0 fully saturated rings. The first-order chi connectivity index (χ1) is 4.75. The summed E-state index contributed by atoms with van der Waals surface area (Å²) in [5, 5.41) is 8.98. The maximum absolute atomic E-state index is 10.4. The Kier molecular flexibility index (Phi) is 17.4. The van der Waals surface area contributed by atoms with E-state index in [0.717, 1.165) is 0 Å². The molecular weight excluding hydrogens is 276 g/mol. The molecule has 8 heteroatoms. The molecule has 0 radical (unpaired) electrons. The van der Waals surface area contributed by atoms with E-state index in [-0.39, 0.29) is 40.3 Å². The quantitative estimate of drug-likeness (QED) is 0.336. The van der Waals surface area contributed by atoms with Crippen LogP contribution in [0.25, 0.3) is 0 Å². The molecule has 0 bridgehead atoms. The van der Waals surface area contributed by atoms with Crippen LogP contribution in [0.15, 0.2) is 18.2 Å². The molecule has 0 aliphatic rings. The molecule has 0 aliphatic carbocycles. The normalized spacial score (nSPS) is 7.14. The Bertz CT molecular complexity index is 272. The molecule has 0 spiro atoms. The number of hydrogen-bond acceptors (Lipinski definition) is 3. The number of benzene rings is 1. The summed E-state index contributed by atoms with van der Waals surface area (Å²) in [6.07, 6.45) is 0. The molecule has 1 aromatic rings. The number of rotatable bonds is 1. The van der Waals surface area contributed by atoms with Crippen LogP contribution in [0.1, 0.15) is 0 Å². The molecule has 0 heterocycles. The average molecular weight is 290 g/mol. The summed E-state index contributed by atoms with van der Waals surface area (Å²) in [5.41, 5.74) is 5.60. The fourth-order valence-electron chi connectivity index (χ4n) is 0.621. The van der Waals surface area contributed by atoms with Crippen LogP contribution in [0.5, 0.6) is 5.75 Å². The molecule has 0 saturated carbocycles. The Morgan fingerprint density at radius 1 is 1.21 bits per heavy atom. The van der Waals surface area contributed by atoms with Crippen LogP contribution in [-0.2, 0) is 3.74 Å². The molecular formula is C6H13AsClNO5. The SMILES string of the molecule is Cl.Nc1c(O)cccc1[As]=O.O.O.O. The van der Waals surface area contributed by atoms with Crippen molar-refractivity contribution in [1.29, 1.82) is 0 Å². The zero-order valence-corrected chi connectivity index (χ0v) is 9.71. The standard InChI is InChI=1S/C6H6AsNO2.ClH.3H2O/c8-6-4(7-10)2-1-3-5(6)9;;;;/h1-3,9H,8H2;1H;3*1H2. The monoisotopic (exact) mass is 289 g/mol. The second kappa shape index (κ2) is 10.4. The number of anilines is 1. The molecule has 0 aliphatic heterocycles. The molecule has 0 unspecified atom stereocenters. The zero-order valence-electron chi connectivity index (χ0n) is 7.02. The number of aromatic hydroxyl groups is 1. The zero-order chi connectivity index (χ0) is 7.56. The second-order valence-corrected chi connectivity index (χ2v) is 3.20. The van der Waals surface area contributed by atoms with Crippen molar-refractivity contribution in [2.75, 3.05) is 5.73 Å². The summed E-state index contributed by atoms with van der Waals surface area (Å²) < 4.78 is 10.9. The number of halogens is 1. The minimum Gasteiger partial charge on any atom is -0.412 e. The largest absolute Gasteiger partial charge is 0.412 e. The molecule has 14 heavy (non-hydrogen) atoms. The van der Waals surface area contributed by atoms with E-state index in [4.69, 9.17) is 10.8 Å². The fourth-order valence-corrected chi connectivity index (χ4v) is 1.38.